The summed E-state index contributed by atoms with van der Waals surface area (Å²) in [4.78, 5) is 11.5. The lowest BCUT2D eigenvalue weighted by Gasteiger charge is -2.09. The number of halogens is 3. The van der Waals surface area contributed by atoms with E-state index in [0.717, 1.165) is 0 Å². The summed E-state index contributed by atoms with van der Waals surface area (Å²) in [6, 6.07) is 8.86. The van der Waals surface area contributed by atoms with Crippen molar-refractivity contribution in [2.24, 2.45) is 0 Å². The number of carbonyl (C=O) groups is 1. The van der Waals surface area contributed by atoms with Gasteiger partial charge in [-0.05, 0) is 48.9 Å². The van der Waals surface area contributed by atoms with E-state index in [1.807, 2.05) is 0 Å². The highest BCUT2D eigenvalue weighted by Gasteiger charge is 2.13. The smallest absolute Gasteiger partial charge is 0.160 e. The fourth-order valence-electron chi connectivity index (χ4n) is 1.75. The van der Waals surface area contributed by atoms with Crippen molar-refractivity contribution in [3.05, 3.63) is 57.8 Å². The van der Waals surface area contributed by atoms with Crippen LogP contribution in [0.2, 0.25) is 10.0 Å². The Morgan fingerprint density at radius 1 is 1.06 bits per heavy atom. The Morgan fingerprint density at radius 3 is 2.44 bits per heavy atom. The molecule has 0 N–H and O–H groups in total. The van der Waals surface area contributed by atoms with Gasteiger partial charge >= 0.3 is 0 Å². The highest BCUT2D eigenvalue weighted by molar-refractivity contribution is 6.35. The molecule has 4 heteroatoms. The Bertz CT molecular complexity index is 623. The molecule has 0 fully saturated rings. The molecular formula is C14H9Cl2FO. The Labute approximate surface area is 114 Å². The summed E-state index contributed by atoms with van der Waals surface area (Å²) < 4.78 is 13.3. The van der Waals surface area contributed by atoms with E-state index in [9.17, 15) is 9.18 Å². The summed E-state index contributed by atoms with van der Waals surface area (Å²) in [7, 11) is 0. The van der Waals surface area contributed by atoms with Crippen molar-refractivity contribution in [1.82, 2.24) is 0 Å². The highest BCUT2D eigenvalue weighted by atomic mass is 35.5. The van der Waals surface area contributed by atoms with Crippen molar-refractivity contribution in [3.63, 3.8) is 0 Å². The second-order valence-corrected chi connectivity index (χ2v) is 4.71. The molecule has 0 saturated heterocycles. The molecule has 18 heavy (non-hydrogen) atoms. The van der Waals surface area contributed by atoms with Gasteiger partial charge in [0.25, 0.3) is 0 Å². The van der Waals surface area contributed by atoms with Gasteiger partial charge in [-0.1, -0.05) is 23.2 Å². The normalized spacial score (nSPS) is 10.4. The van der Waals surface area contributed by atoms with Crippen molar-refractivity contribution < 1.29 is 9.18 Å². The minimum atomic E-state index is -0.425. The van der Waals surface area contributed by atoms with Crippen LogP contribution in [0, 0.1) is 5.82 Å². The monoisotopic (exact) mass is 282 g/mol. The van der Waals surface area contributed by atoms with Gasteiger partial charge in [0.1, 0.15) is 5.82 Å². The highest BCUT2D eigenvalue weighted by Crippen LogP contribution is 2.33. The first kappa shape index (κ1) is 13.1. The Balaban J connectivity index is 2.73. The third-order valence-corrected chi connectivity index (χ3v) is 3.14. The molecule has 0 aliphatic rings. The van der Waals surface area contributed by atoms with E-state index in [2.05, 4.69) is 0 Å². The number of hydrogen-bond donors (Lipinski definition) is 0. The SMILES string of the molecule is CC(=O)c1ccc(F)cc1-c1cc(Cl)ccc1Cl. The summed E-state index contributed by atoms with van der Waals surface area (Å²) in [5.74, 6) is -0.577. The van der Waals surface area contributed by atoms with Gasteiger partial charge in [0, 0.05) is 21.2 Å². The van der Waals surface area contributed by atoms with Crippen LogP contribution in [0.5, 0.6) is 0 Å². The molecule has 0 bridgehead atoms. The average Bonchev–Trinajstić information content (AvgIpc) is 2.31. The number of rotatable bonds is 2. The Kier molecular flexibility index (Phi) is 3.69. The van der Waals surface area contributed by atoms with E-state index in [0.29, 0.717) is 26.7 Å². The van der Waals surface area contributed by atoms with E-state index in [1.165, 1.54) is 25.1 Å². The summed E-state index contributed by atoms with van der Waals surface area (Å²) in [5.41, 5.74) is 1.42. The van der Waals surface area contributed by atoms with Gasteiger partial charge < -0.3 is 0 Å². The van der Waals surface area contributed by atoms with Crippen LogP contribution in [0.3, 0.4) is 0 Å². The van der Waals surface area contributed by atoms with Crippen molar-refractivity contribution in [3.8, 4) is 11.1 Å². The number of Topliss-reactive ketones (excluding diaryl/α,β-unsaturated/α-hetero) is 1. The van der Waals surface area contributed by atoms with Gasteiger partial charge in [-0.2, -0.15) is 0 Å². The topological polar surface area (TPSA) is 17.1 Å². The van der Waals surface area contributed by atoms with E-state index in [4.69, 9.17) is 23.2 Å². The molecule has 2 aromatic carbocycles. The van der Waals surface area contributed by atoms with E-state index in [-0.39, 0.29) is 5.78 Å². The maximum atomic E-state index is 13.3. The van der Waals surface area contributed by atoms with E-state index in [1.54, 1.807) is 18.2 Å². The first-order valence-electron chi connectivity index (χ1n) is 5.25. The number of hydrogen-bond acceptors (Lipinski definition) is 1. The van der Waals surface area contributed by atoms with Gasteiger partial charge in [0.15, 0.2) is 5.78 Å². The Hall–Kier alpha value is -1.38. The maximum absolute atomic E-state index is 13.3. The van der Waals surface area contributed by atoms with Crippen molar-refractivity contribution in [1.29, 1.82) is 0 Å². The van der Waals surface area contributed by atoms with Gasteiger partial charge in [-0.3, -0.25) is 4.79 Å². The van der Waals surface area contributed by atoms with Crippen LogP contribution >= 0.6 is 23.2 Å². The fraction of sp³-hybridized carbons (Fsp3) is 0.0714. The van der Waals surface area contributed by atoms with Crippen molar-refractivity contribution >= 4 is 29.0 Å². The van der Waals surface area contributed by atoms with Crippen LogP contribution in [0.25, 0.3) is 11.1 Å². The first-order valence-corrected chi connectivity index (χ1v) is 6.00. The van der Waals surface area contributed by atoms with Crippen LogP contribution in [-0.2, 0) is 0 Å². The largest absolute Gasteiger partial charge is 0.294 e. The molecule has 0 aliphatic carbocycles. The molecule has 0 radical (unpaired) electrons. The third-order valence-electron chi connectivity index (χ3n) is 2.58. The lowest BCUT2D eigenvalue weighted by Crippen LogP contribution is -1.97. The van der Waals surface area contributed by atoms with Crippen molar-refractivity contribution in [2.75, 3.05) is 0 Å². The quantitative estimate of drug-likeness (QED) is 0.709. The van der Waals surface area contributed by atoms with Crippen LogP contribution in [0.15, 0.2) is 36.4 Å². The number of ketones is 1. The first-order chi connectivity index (χ1) is 8.49. The lowest BCUT2D eigenvalue weighted by atomic mass is 9.97. The zero-order valence-electron chi connectivity index (χ0n) is 9.51. The second kappa shape index (κ2) is 5.09. The average molecular weight is 283 g/mol. The zero-order chi connectivity index (χ0) is 13.3. The molecule has 0 atom stereocenters. The number of carbonyl (C=O) groups excluding carboxylic acids is 1. The van der Waals surface area contributed by atoms with Gasteiger partial charge in [0.05, 0.1) is 0 Å². The zero-order valence-corrected chi connectivity index (χ0v) is 11.0. The third kappa shape index (κ3) is 2.55. The maximum Gasteiger partial charge on any atom is 0.160 e. The predicted octanol–water partition coefficient (Wildman–Crippen LogP) is 5.00. The molecule has 1 nitrogen and oxygen atoms in total. The van der Waals surface area contributed by atoms with Crippen molar-refractivity contribution in [2.45, 2.75) is 6.92 Å². The molecule has 0 amide bonds. The van der Waals surface area contributed by atoms with Crippen LogP contribution in [0.4, 0.5) is 4.39 Å². The predicted molar refractivity (Wildman–Crippen MR) is 71.9 cm³/mol. The molecule has 2 rings (SSSR count). The Morgan fingerprint density at radius 2 is 1.78 bits per heavy atom. The van der Waals surface area contributed by atoms with Crippen LogP contribution in [-0.4, -0.2) is 5.78 Å². The molecule has 0 unspecified atom stereocenters. The lowest BCUT2D eigenvalue weighted by molar-refractivity contribution is 0.101. The van der Waals surface area contributed by atoms with Gasteiger partial charge in [-0.25, -0.2) is 4.39 Å². The summed E-state index contributed by atoms with van der Waals surface area (Å²) in [5, 5.41) is 0.903. The van der Waals surface area contributed by atoms with E-state index < -0.39 is 5.82 Å². The van der Waals surface area contributed by atoms with Crippen LogP contribution < -0.4 is 0 Å². The molecule has 0 saturated carbocycles. The van der Waals surface area contributed by atoms with E-state index >= 15 is 0 Å². The second-order valence-electron chi connectivity index (χ2n) is 3.87. The standard InChI is InChI=1S/C14H9Cl2FO/c1-8(18)11-4-3-10(17)7-12(11)13-6-9(15)2-5-14(13)16/h2-7H,1H3. The minimum Gasteiger partial charge on any atom is -0.294 e. The van der Waals surface area contributed by atoms with Gasteiger partial charge in [-0.15, -0.1) is 0 Å². The summed E-state index contributed by atoms with van der Waals surface area (Å²) >= 11 is 12.0. The minimum absolute atomic E-state index is 0.152. The molecule has 0 heterocycles. The molecule has 2 aromatic rings. The molecular weight excluding hydrogens is 274 g/mol. The summed E-state index contributed by atoms with van der Waals surface area (Å²) in [6.07, 6.45) is 0. The number of benzene rings is 2. The molecule has 0 aliphatic heterocycles. The molecule has 0 aromatic heterocycles. The molecule has 92 valence electrons. The van der Waals surface area contributed by atoms with Gasteiger partial charge in [0.2, 0.25) is 0 Å². The fourth-order valence-corrected chi connectivity index (χ4v) is 2.14. The molecule has 0 spiro atoms. The summed E-state index contributed by atoms with van der Waals surface area (Å²) in [6.45, 7) is 1.43. The van der Waals surface area contributed by atoms with Crippen LogP contribution in [0.1, 0.15) is 17.3 Å².